The monoisotopic (exact) mass is 358 g/mol. The first kappa shape index (κ1) is 17.7. The third-order valence-corrected chi connectivity index (χ3v) is 6.10. The van der Waals surface area contributed by atoms with Gasteiger partial charge in [0.05, 0.1) is 12.4 Å². The predicted molar refractivity (Wildman–Crippen MR) is 99.3 cm³/mol. The molecular formula is C20H30N4O2. The Labute approximate surface area is 155 Å². The van der Waals surface area contributed by atoms with Crippen LogP contribution in [0.1, 0.15) is 68.3 Å². The van der Waals surface area contributed by atoms with Crippen molar-refractivity contribution in [3.05, 3.63) is 18.1 Å². The zero-order valence-corrected chi connectivity index (χ0v) is 15.6. The Morgan fingerprint density at radius 2 is 1.73 bits per heavy atom. The summed E-state index contributed by atoms with van der Waals surface area (Å²) in [5.41, 5.74) is 0.429. The zero-order chi connectivity index (χ0) is 17.8. The van der Waals surface area contributed by atoms with Crippen molar-refractivity contribution >= 4 is 5.91 Å². The third kappa shape index (κ3) is 4.17. The van der Waals surface area contributed by atoms with E-state index in [4.69, 9.17) is 4.74 Å². The molecule has 0 unspecified atom stereocenters. The summed E-state index contributed by atoms with van der Waals surface area (Å²) in [7, 11) is 0. The molecule has 0 aromatic carbocycles. The maximum absolute atomic E-state index is 12.8. The molecule has 1 aliphatic heterocycles. The number of hydrogen-bond donors (Lipinski definition) is 0. The molecule has 1 amide bonds. The Balaban J connectivity index is 1.32. The minimum absolute atomic E-state index is 0.00261. The lowest BCUT2D eigenvalue weighted by molar-refractivity contribution is 0.0743. The third-order valence-electron chi connectivity index (χ3n) is 6.10. The van der Waals surface area contributed by atoms with Crippen LogP contribution >= 0.6 is 0 Å². The second kappa shape index (κ2) is 8.33. The molecular weight excluding hydrogens is 328 g/mol. The molecule has 142 valence electrons. The van der Waals surface area contributed by atoms with Crippen LogP contribution < -0.4 is 4.74 Å². The first-order valence-electron chi connectivity index (χ1n) is 10.3. The summed E-state index contributed by atoms with van der Waals surface area (Å²) in [5.74, 6) is 0.539. The van der Waals surface area contributed by atoms with Crippen molar-refractivity contribution in [3.8, 4) is 5.88 Å². The highest BCUT2D eigenvalue weighted by atomic mass is 16.5. The number of aromatic nitrogens is 2. The Kier molecular flexibility index (Phi) is 5.68. The average Bonchev–Trinajstić information content (AvgIpc) is 2.87. The summed E-state index contributed by atoms with van der Waals surface area (Å²) < 4.78 is 5.91. The fraction of sp³-hybridized carbons (Fsp3) is 0.750. The van der Waals surface area contributed by atoms with Crippen LogP contribution in [0, 0.1) is 0 Å². The van der Waals surface area contributed by atoms with E-state index in [0.29, 0.717) is 11.6 Å². The van der Waals surface area contributed by atoms with Gasteiger partial charge < -0.3 is 9.64 Å². The molecule has 1 saturated heterocycles. The number of amides is 1. The average molecular weight is 358 g/mol. The topological polar surface area (TPSA) is 58.6 Å². The normalized spacial score (nSPS) is 23.3. The highest BCUT2D eigenvalue weighted by Crippen LogP contribution is 2.26. The first-order valence-corrected chi connectivity index (χ1v) is 10.3. The Bertz CT molecular complexity index is 596. The molecule has 0 N–H and O–H groups in total. The van der Waals surface area contributed by atoms with Gasteiger partial charge in [-0.3, -0.25) is 9.69 Å². The molecule has 1 aromatic heterocycles. The van der Waals surface area contributed by atoms with E-state index in [1.54, 1.807) is 12.4 Å². The van der Waals surface area contributed by atoms with Gasteiger partial charge in [0, 0.05) is 32.2 Å². The lowest BCUT2D eigenvalue weighted by atomic mass is 9.91. The fourth-order valence-electron chi connectivity index (χ4n) is 4.26. The Hall–Kier alpha value is -1.69. The summed E-state index contributed by atoms with van der Waals surface area (Å²) >= 11 is 0. The summed E-state index contributed by atoms with van der Waals surface area (Å²) in [5, 5.41) is 0. The molecule has 1 aromatic rings. The Morgan fingerprint density at radius 3 is 2.42 bits per heavy atom. The smallest absolute Gasteiger partial charge is 0.274 e. The zero-order valence-electron chi connectivity index (χ0n) is 15.6. The Morgan fingerprint density at radius 1 is 0.885 bits per heavy atom. The summed E-state index contributed by atoms with van der Waals surface area (Å²) in [6.07, 6.45) is 14.4. The van der Waals surface area contributed by atoms with Crippen molar-refractivity contribution in [1.82, 2.24) is 19.8 Å². The van der Waals surface area contributed by atoms with E-state index in [2.05, 4.69) is 14.9 Å². The fourth-order valence-corrected chi connectivity index (χ4v) is 4.26. The molecule has 4 rings (SSSR count). The lowest BCUT2D eigenvalue weighted by Gasteiger charge is -2.36. The van der Waals surface area contributed by atoms with Gasteiger partial charge in [-0.1, -0.05) is 12.8 Å². The molecule has 3 aliphatic rings. The van der Waals surface area contributed by atoms with E-state index in [1.165, 1.54) is 38.5 Å². The van der Waals surface area contributed by atoms with Gasteiger partial charge in [0.15, 0.2) is 0 Å². The highest BCUT2D eigenvalue weighted by molar-refractivity contribution is 5.92. The molecule has 2 aliphatic carbocycles. The van der Waals surface area contributed by atoms with Crippen LogP contribution in [0.5, 0.6) is 5.88 Å². The van der Waals surface area contributed by atoms with E-state index in [9.17, 15) is 4.79 Å². The van der Waals surface area contributed by atoms with Crippen LogP contribution in [0.3, 0.4) is 0 Å². The van der Waals surface area contributed by atoms with Gasteiger partial charge in [-0.05, 0) is 44.9 Å². The van der Waals surface area contributed by atoms with Crippen LogP contribution in [0.2, 0.25) is 0 Å². The van der Waals surface area contributed by atoms with Gasteiger partial charge in [0.2, 0.25) is 5.88 Å². The molecule has 26 heavy (non-hydrogen) atoms. The second-order valence-electron chi connectivity index (χ2n) is 7.88. The molecule has 0 atom stereocenters. The van der Waals surface area contributed by atoms with Crippen molar-refractivity contribution in [2.75, 3.05) is 26.2 Å². The van der Waals surface area contributed by atoms with Gasteiger partial charge in [-0.25, -0.2) is 9.97 Å². The molecule has 2 heterocycles. The van der Waals surface area contributed by atoms with Crippen molar-refractivity contribution in [2.24, 2.45) is 0 Å². The minimum Gasteiger partial charge on any atom is -0.473 e. The number of nitrogens with zero attached hydrogens (tertiary/aromatic N) is 4. The minimum atomic E-state index is -0.00261. The van der Waals surface area contributed by atoms with Crippen molar-refractivity contribution in [3.63, 3.8) is 0 Å². The number of ether oxygens (including phenoxy) is 1. The van der Waals surface area contributed by atoms with E-state index in [0.717, 1.165) is 51.5 Å². The molecule has 0 spiro atoms. The lowest BCUT2D eigenvalue weighted by Crippen LogP contribution is -2.42. The standard InChI is InChI=1S/C20H30N4O2/c25-20(24-11-5-10-23(12-13-24)16-6-4-7-16)18-14-22-19(15-21-18)26-17-8-2-1-3-9-17/h14-17H,1-13H2. The van der Waals surface area contributed by atoms with Crippen LogP contribution in [-0.4, -0.2) is 64.0 Å². The molecule has 6 nitrogen and oxygen atoms in total. The highest BCUT2D eigenvalue weighted by Gasteiger charge is 2.28. The number of carbonyl (C=O) groups is 1. The molecule has 2 saturated carbocycles. The van der Waals surface area contributed by atoms with E-state index in [-0.39, 0.29) is 12.0 Å². The SMILES string of the molecule is O=C(c1cnc(OC2CCCCC2)cn1)N1CCCN(C2CCC2)CC1. The van der Waals surface area contributed by atoms with Gasteiger partial charge in [0.1, 0.15) is 11.8 Å². The van der Waals surface area contributed by atoms with Crippen LogP contribution in [-0.2, 0) is 0 Å². The van der Waals surface area contributed by atoms with Gasteiger partial charge in [-0.2, -0.15) is 0 Å². The van der Waals surface area contributed by atoms with Gasteiger partial charge in [-0.15, -0.1) is 0 Å². The molecule has 3 fully saturated rings. The largest absolute Gasteiger partial charge is 0.473 e. The number of carbonyl (C=O) groups excluding carboxylic acids is 1. The van der Waals surface area contributed by atoms with Crippen LogP contribution in [0.4, 0.5) is 0 Å². The van der Waals surface area contributed by atoms with Crippen molar-refractivity contribution in [2.45, 2.75) is 69.9 Å². The molecule has 0 bridgehead atoms. The quantitative estimate of drug-likeness (QED) is 0.828. The number of hydrogen-bond acceptors (Lipinski definition) is 5. The van der Waals surface area contributed by atoms with Crippen LogP contribution in [0.25, 0.3) is 0 Å². The maximum Gasteiger partial charge on any atom is 0.274 e. The van der Waals surface area contributed by atoms with Gasteiger partial charge >= 0.3 is 0 Å². The first-order chi connectivity index (χ1) is 12.8. The molecule has 6 heteroatoms. The van der Waals surface area contributed by atoms with E-state index < -0.39 is 0 Å². The predicted octanol–water partition coefficient (Wildman–Crippen LogP) is 2.89. The molecule has 0 radical (unpaired) electrons. The van der Waals surface area contributed by atoms with Crippen LogP contribution in [0.15, 0.2) is 12.4 Å². The maximum atomic E-state index is 12.8. The van der Waals surface area contributed by atoms with E-state index >= 15 is 0 Å². The van der Waals surface area contributed by atoms with E-state index in [1.807, 2.05) is 4.90 Å². The summed E-state index contributed by atoms with van der Waals surface area (Å²) in [6.45, 7) is 3.68. The van der Waals surface area contributed by atoms with Crippen molar-refractivity contribution in [1.29, 1.82) is 0 Å². The summed E-state index contributed by atoms with van der Waals surface area (Å²) in [4.78, 5) is 25.9. The number of rotatable bonds is 4. The summed E-state index contributed by atoms with van der Waals surface area (Å²) in [6, 6.07) is 0.751. The van der Waals surface area contributed by atoms with Crippen molar-refractivity contribution < 1.29 is 9.53 Å². The second-order valence-corrected chi connectivity index (χ2v) is 7.88. The van der Waals surface area contributed by atoms with Gasteiger partial charge in [0.25, 0.3) is 5.91 Å².